The summed E-state index contributed by atoms with van der Waals surface area (Å²) in [6.07, 6.45) is 4.66. The SMILES string of the molecule is COC(=O)/C=C1/SCC(=O)N1CCCSc1nnc(NCC2CCCO2)s1. The smallest absolute Gasteiger partial charge is 0.333 e. The van der Waals surface area contributed by atoms with Crippen molar-refractivity contribution in [2.45, 2.75) is 29.7 Å². The van der Waals surface area contributed by atoms with Gasteiger partial charge in [0.1, 0.15) is 0 Å². The molecule has 1 unspecified atom stereocenters. The molecule has 1 atom stereocenters. The summed E-state index contributed by atoms with van der Waals surface area (Å²) < 4.78 is 11.1. The number of carbonyl (C=O) groups is 2. The number of carbonyl (C=O) groups excluding carboxylic acids is 2. The van der Waals surface area contributed by atoms with Crippen molar-refractivity contribution in [1.29, 1.82) is 0 Å². The molecule has 27 heavy (non-hydrogen) atoms. The first-order valence-corrected chi connectivity index (χ1v) is 11.5. The number of nitrogens with zero attached hydrogens (tertiary/aromatic N) is 3. The van der Waals surface area contributed by atoms with Crippen LogP contribution in [0.25, 0.3) is 0 Å². The normalized spacial score (nSPS) is 21.2. The standard InChI is InChI=1S/C16H22N4O4S3/c1-23-14(22)8-13-20(12(21)10-26-13)5-3-7-25-16-19-18-15(27-16)17-9-11-4-2-6-24-11/h8,11H,2-7,9-10H2,1H3,(H,17,18)/b13-8+. The van der Waals surface area contributed by atoms with Gasteiger partial charge in [-0.1, -0.05) is 34.9 Å². The fourth-order valence-electron chi connectivity index (χ4n) is 2.66. The van der Waals surface area contributed by atoms with Crippen molar-refractivity contribution in [2.24, 2.45) is 0 Å². The van der Waals surface area contributed by atoms with Crippen molar-refractivity contribution < 1.29 is 19.1 Å². The Morgan fingerprint density at radius 3 is 3.19 bits per heavy atom. The molecule has 148 valence electrons. The summed E-state index contributed by atoms with van der Waals surface area (Å²) in [5.41, 5.74) is 0. The highest BCUT2D eigenvalue weighted by atomic mass is 32.2. The van der Waals surface area contributed by atoms with E-state index in [0.29, 0.717) is 17.3 Å². The topological polar surface area (TPSA) is 93.7 Å². The Balaban J connectivity index is 1.38. The average Bonchev–Trinajstić information content (AvgIpc) is 3.40. The Morgan fingerprint density at radius 1 is 1.52 bits per heavy atom. The molecule has 0 saturated carbocycles. The first kappa shape index (κ1) is 20.4. The van der Waals surface area contributed by atoms with E-state index in [1.807, 2.05) is 0 Å². The molecule has 2 saturated heterocycles. The number of methoxy groups -OCH3 is 1. The zero-order chi connectivity index (χ0) is 19.1. The van der Waals surface area contributed by atoms with Gasteiger partial charge in [-0.25, -0.2) is 4.79 Å². The number of anilines is 1. The number of esters is 1. The fourth-order valence-corrected chi connectivity index (χ4v) is 5.37. The van der Waals surface area contributed by atoms with Crippen molar-refractivity contribution in [3.05, 3.63) is 11.1 Å². The van der Waals surface area contributed by atoms with E-state index >= 15 is 0 Å². The third kappa shape index (κ3) is 6.09. The number of rotatable bonds is 9. The van der Waals surface area contributed by atoms with Crippen LogP contribution in [-0.4, -0.2) is 71.4 Å². The molecular formula is C16H22N4O4S3. The van der Waals surface area contributed by atoms with Crippen molar-refractivity contribution in [2.75, 3.05) is 43.6 Å². The maximum atomic E-state index is 12.0. The highest BCUT2D eigenvalue weighted by Crippen LogP contribution is 2.30. The first-order valence-electron chi connectivity index (χ1n) is 8.70. The molecule has 0 aromatic carbocycles. The molecule has 0 aliphatic carbocycles. The molecule has 1 aromatic heterocycles. The monoisotopic (exact) mass is 430 g/mol. The van der Waals surface area contributed by atoms with E-state index in [1.54, 1.807) is 16.7 Å². The minimum Gasteiger partial charge on any atom is -0.466 e. The second-order valence-corrected chi connectivity index (χ2v) is 9.25. The van der Waals surface area contributed by atoms with Crippen LogP contribution in [0.1, 0.15) is 19.3 Å². The molecule has 2 aliphatic rings. The molecule has 0 bridgehead atoms. The Labute approximate surface area is 170 Å². The minimum absolute atomic E-state index is 0.0247. The maximum Gasteiger partial charge on any atom is 0.333 e. The van der Waals surface area contributed by atoms with Gasteiger partial charge in [-0.2, -0.15) is 0 Å². The van der Waals surface area contributed by atoms with E-state index in [9.17, 15) is 9.59 Å². The van der Waals surface area contributed by atoms with E-state index < -0.39 is 5.97 Å². The molecule has 2 fully saturated rings. The Bertz CT molecular complexity index is 691. The molecule has 0 spiro atoms. The van der Waals surface area contributed by atoms with Crippen molar-refractivity contribution >= 4 is 51.9 Å². The van der Waals surface area contributed by atoms with Crippen LogP contribution >= 0.6 is 34.9 Å². The van der Waals surface area contributed by atoms with Gasteiger partial charge in [-0.3, -0.25) is 4.79 Å². The number of amides is 1. The van der Waals surface area contributed by atoms with Gasteiger partial charge in [-0.15, -0.1) is 10.2 Å². The molecular weight excluding hydrogens is 408 g/mol. The molecule has 2 aliphatic heterocycles. The molecule has 8 nitrogen and oxygen atoms in total. The summed E-state index contributed by atoms with van der Waals surface area (Å²) in [7, 11) is 1.33. The van der Waals surface area contributed by atoms with Crippen LogP contribution in [0.4, 0.5) is 5.13 Å². The van der Waals surface area contributed by atoms with Crippen LogP contribution < -0.4 is 5.32 Å². The summed E-state index contributed by atoms with van der Waals surface area (Å²) in [4.78, 5) is 25.0. The van der Waals surface area contributed by atoms with Crippen molar-refractivity contribution in [1.82, 2.24) is 15.1 Å². The highest BCUT2D eigenvalue weighted by molar-refractivity contribution is 8.04. The lowest BCUT2D eigenvalue weighted by Gasteiger charge is -2.16. The maximum absolute atomic E-state index is 12.0. The fraction of sp³-hybridized carbons (Fsp3) is 0.625. The number of aromatic nitrogens is 2. The van der Waals surface area contributed by atoms with Crippen LogP contribution in [0, 0.1) is 0 Å². The highest BCUT2D eigenvalue weighted by Gasteiger charge is 2.26. The summed E-state index contributed by atoms with van der Waals surface area (Å²) in [6, 6.07) is 0. The van der Waals surface area contributed by atoms with Crippen molar-refractivity contribution in [3.8, 4) is 0 Å². The van der Waals surface area contributed by atoms with Gasteiger partial charge in [0.15, 0.2) is 4.34 Å². The van der Waals surface area contributed by atoms with E-state index in [4.69, 9.17) is 4.74 Å². The molecule has 3 rings (SSSR count). The molecule has 1 amide bonds. The van der Waals surface area contributed by atoms with Gasteiger partial charge in [0.05, 0.1) is 30.1 Å². The molecule has 0 radical (unpaired) electrons. The third-order valence-corrected chi connectivity index (χ3v) is 7.14. The van der Waals surface area contributed by atoms with Gasteiger partial charge < -0.3 is 19.7 Å². The lowest BCUT2D eigenvalue weighted by molar-refractivity contribution is -0.134. The van der Waals surface area contributed by atoms with Crippen LogP contribution in [-0.2, 0) is 19.1 Å². The predicted molar refractivity (Wildman–Crippen MR) is 107 cm³/mol. The molecule has 3 heterocycles. The Kier molecular flexibility index (Phi) is 7.80. The second kappa shape index (κ2) is 10.3. The Morgan fingerprint density at radius 2 is 2.41 bits per heavy atom. The molecule has 1 aromatic rings. The number of thioether (sulfide) groups is 2. The lowest BCUT2D eigenvalue weighted by Crippen LogP contribution is -2.26. The quantitative estimate of drug-likeness (QED) is 0.274. The zero-order valence-electron chi connectivity index (χ0n) is 15.0. The van der Waals surface area contributed by atoms with Gasteiger partial charge >= 0.3 is 5.97 Å². The van der Waals surface area contributed by atoms with Crippen molar-refractivity contribution in [3.63, 3.8) is 0 Å². The van der Waals surface area contributed by atoms with Gasteiger partial charge in [0.2, 0.25) is 11.0 Å². The third-order valence-electron chi connectivity index (χ3n) is 4.02. The predicted octanol–water partition coefficient (Wildman–Crippen LogP) is 2.20. The van der Waals surface area contributed by atoms with Gasteiger partial charge in [0.25, 0.3) is 0 Å². The largest absolute Gasteiger partial charge is 0.466 e. The molecule has 11 heteroatoms. The lowest BCUT2D eigenvalue weighted by atomic mass is 10.2. The minimum atomic E-state index is -0.441. The Hall–Kier alpha value is -1.30. The first-order chi connectivity index (χ1) is 13.2. The van der Waals surface area contributed by atoms with Crippen LogP contribution in [0.15, 0.2) is 15.4 Å². The summed E-state index contributed by atoms with van der Waals surface area (Å²) in [5.74, 6) is 0.770. The summed E-state index contributed by atoms with van der Waals surface area (Å²) in [5, 5.41) is 13.1. The summed E-state index contributed by atoms with van der Waals surface area (Å²) >= 11 is 4.52. The number of hydrogen-bond acceptors (Lipinski definition) is 10. The average molecular weight is 431 g/mol. The van der Waals surface area contributed by atoms with Crippen LogP contribution in [0.3, 0.4) is 0 Å². The van der Waals surface area contributed by atoms with E-state index in [1.165, 1.54) is 36.3 Å². The van der Waals surface area contributed by atoms with Gasteiger partial charge in [0, 0.05) is 25.4 Å². The second-order valence-electron chi connectivity index (χ2n) is 5.93. The zero-order valence-corrected chi connectivity index (χ0v) is 17.5. The van der Waals surface area contributed by atoms with E-state index in [0.717, 1.165) is 47.6 Å². The molecule has 1 N–H and O–H groups in total. The van der Waals surface area contributed by atoms with Gasteiger partial charge in [-0.05, 0) is 19.3 Å². The van der Waals surface area contributed by atoms with Crippen LogP contribution in [0.5, 0.6) is 0 Å². The van der Waals surface area contributed by atoms with E-state index in [2.05, 4.69) is 20.3 Å². The number of hydrogen-bond donors (Lipinski definition) is 1. The van der Waals surface area contributed by atoms with E-state index in [-0.39, 0.29) is 12.0 Å². The number of nitrogens with one attached hydrogen (secondary N) is 1. The van der Waals surface area contributed by atoms with Crippen LogP contribution in [0.2, 0.25) is 0 Å². The number of ether oxygens (including phenoxy) is 2. The summed E-state index contributed by atoms with van der Waals surface area (Å²) in [6.45, 7) is 2.19.